The predicted octanol–water partition coefficient (Wildman–Crippen LogP) is 5.10. The lowest BCUT2D eigenvalue weighted by Crippen LogP contribution is -2.14. The SMILES string of the molecule is N#C/C(=C\c1ccc(Cl)cc1Cl)C(=O)Nc1cc([N+](=O)[O-])ccc1Cl. The largest absolute Gasteiger partial charge is 0.320 e. The number of non-ortho nitro benzene ring substituents is 1. The van der Waals surface area contributed by atoms with E-state index in [1.807, 2.05) is 0 Å². The third-order valence-electron chi connectivity index (χ3n) is 3.04. The summed E-state index contributed by atoms with van der Waals surface area (Å²) in [6, 6.07) is 9.91. The van der Waals surface area contributed by atoms with Gasteiger partial charge in [-0.15, -0.1) is 0 Å². The second-order valence-corrected chi connectivity index (χ2v) is 5.96. The fourth-order valence-corrected chi connectivity index (χ4v) is 2.46. The van der Waals surface area contributed by atoms with Gasteiger partial charge in [0.1, 0.15) is 11.6 Å². The van der Waals surface area contributed by atoms with Crippen molar-refractivity contribution in [3.63, 3.8) is 0 Å². The first-order chi connectivity index (χ1) is 11.8. The number of nitrogens with zero attached hydrogens (tertiary/aromatic N) is 2. The first-order valence-corrected chi connectivity index (χ1v) is 7.77. The Labute approximate surface area is 157 Å². The molecule has 0 radical (unpaired) electrons. The number of carbonyl (C=O) groups is 1. The lowest BCUT2D eigenvalue weighted by molar-refractivity contribution is -0.384. The van der Waals surface area contributed by atoms with Crippen molar-refractivity contribution in [2.24, 2.45) is 0 Å². The molecule has 9 heteroatoms. The summed E-state index contributed by atoms with van der Waals surface area (Å²) in [6.07, 6.45) is 1.28. The van der Waals surface area contributed by atoms with Crippen LogP contribution in [0.25, 0.3) is 6.08 Å². The van der Waals surface area contributed by atoms with Crippen molar-refractivity contribution in [3.05, 3.63) is 72.7 Å². The molecule has 6 nitrogen and oxygen atoms in total. The maximum atomic E-state index is 12.3. The molecular formula is C16H8Cl3N3O3. The molecule has 0 aliphatic rings. The molecule has 0 unspecified atom stereocenters. The van der Waals surface area contributed by atoms with Gasteiger partial charge < -0.3 is 5.32 Å². The zero-order valence-electron chi connectivity index (χ0n) is 12.3. The Bertz CT molecular complexity index is 936. The molecule has 2 aromatic carbocycles. The van der Waals surface area contributed by atoms with E-state index in [0.29, 0.717) is 10.6 Å². The van der Waals surface area contributed by atoms with E-state index < -0.39 is 10.8 Å². The zero-order valence-corrected chi connectivity index (χ0v) is 14.6. The van der Waals surface area contributed by atoms with Gasteiger partial charge in [0.15, 0.2) is 0 Å². The van der Waals surface area contributed by atoms with Crippen LogP contribution in [0.4, 0.5) is 11.4 Å². The zero-order chi connectivity index (χ0) is 18.6. The van der Waals surface area contributed by atoms with Crippen LogP contribution in [0.1, 0.15) is 5.56 Å². The van der Waals surface area contributed by atoms with Crippen molar-refractivity contribution in [2.75, 3.05) is 5.32 Å². The first-order valence-electron chi connectivity index (χ1n) is 6.64. The Morgan fingerprint density at radius 1 is 1.16 bits per heavy atom. The number of nitro benzene ring substituents is 1. The van der Waals surface area contributed by atoms with Crippen molar-refractivity contribution in [1.29, 1.82) is 5.26 Å². The molecule has 2 aromatic rings. The summed E-state index contributed by atoms with van der Waals surface area (Å²) in [5.41, 5.74) is -0.0677. The van der Waals surface area contributed by atoms with Crippen LogP contribution in [0.2, 0.25) is 15.1 Å². The number of hydrogen-bond acceptors (Lipinski definition) is 4. The van der Waals surface area contributed by atoms with E-state index in [1.165, 1.54) is 24.3 Å². The van der Waals surface area contributed by atoms with Crippen molar-refractivity contribution >= 4 is 58.2 Å². The number of halogens is 3. The third-order valence-corrected chi connectivity index (χ3v) is 3.93. The number of nitrogens with one attached hydrogen (secondary N) is 1. The summed E-state index contributed by atoms with van der Waals surface area (Å²) in [4.78, 5) is 22.4. The second kappa shape index (κ2) is 7.99. The lowest BCUT2D eigenvalue weighted by Gasteiger charge is -2.07. The molecule has 126 valence electrons. The van der Waals surface area contributed by atoms with Gasteiger partial charge in [-0.1, -0.05) is 40.9 Å². The first kappa shape index (κ1) is 18.7. The van der Waals surface area contributed by atoms with E-state index in [2.05, 4.69) is 5.32 Å². The number of nitriles is 1. The molecular weight excluding hydrogens is 389 g/mol. The van der Waals surface area contributed by atoms with Crippen molar-refractivity contribution in [2.45, 2.75) is 0 Å². The van der Waals surface area contributed by atoms with Gasteiger partial charge in [-0.3, -0.25) is 14.9 Å². The third kappa shape index (κ3) is 4.70. The standard InChI is InChI=1S/C16H8Cl3N3O3/c17-11-2-1-9(14(19)6-11)5-10(8-20)16(23)21-15-7-12(22(24)25)3-4-13(15)18/h1-7H,(H,21,23)/b10-5+. The smallest absolute Gasteiger partial charge is 0.271 e. The minimum Gasteiger partial charge on any atom is -0.320 e. The Balaban J connectivity index is 2.32. The summed E-state index contributed by atoms with van der Waals surface area (Å²) < 4.78 is 0. The van der Waals surface area contributed by atoms with Crippen LogP contribution < -0.4 is 5.32 Å². The molecule has 0 saturated heterocycles. The van der Waals surface area contributed by atoms with E-state index in [0.717, 1.165) is 6.07 Å². The van der Waals surface area contributed by atoms with Crippen LogP contribution in [-0.4, -0.2) is 10.8 Å². The Kier molecular flexibility index (Phi) is 5.99. The fourth-order valence-electron chi connectivity index (χ4n) is 1.83. The normalized spacial score (nSPS) is 10.9. The fraction of sp³-hybridized carbons (Fsp3) is 0. The minimum absolute atomic E-state index is 0.0178. The Hall–Kier alpha value is -2.59. The van der Waals surface area contributed by atoms with E-state index in [9.17, 15) is 20.2 Å². The van der Waals surface area contributed by atoms with Crippen molar-refractivity contribution < 1.29 is 9.72 Å². The quantitative estimate of drug-likeness (QED) is 0.336. The summed E-state index contributed by atoms with van der Waals surface area (Å²) in [5, 5.41) is 23.2. The highest BCUT2D eigenvalue weighted by Crippen LogP contribution is 2.28. The number of carbonyl (C=O) groups excluding carboxylic acids is 1. The number of nitro groups is 1. The van der Waals surface area contributed by atoms with Gasteiger partial charge in [-0.2, -0.15) is 5.26 Å². The predicted molar refractivity (Wildman–Crippen MR) is 96.8 cm³/mol. The molecule has 2 rings (SSSR count). The maximum Gasteiger partial charge on any atom is 0.271 e. The molecule has 0 atom stereocenters. The molecule has 0 aromatic heterocycles. The summed E-state index contributed by atoms with van der Waals surface area (Å²) in [7, 11) is 0. The van der Waals surface area contributed by atoms with Crippen LogP contribution in [-0.2, 0) is 4.79 Å². The molecule has 0 fully saturated rings. The molecule has 1 N–H and O–H groups in total. The van der Waals surface area contributed by atoms with Crippen molar-refractivity contribution in [1.82, 2.24) is 0 Å². The van der Waals surface area contributed by atoms with E-state index in [1.54, 1.807) is 18.2 Å². The van der Waals surface area contributed by atoms with Crippen molar-refractivity contribution in [3.8, 4) is 6.07 Å². The number of rotatable bonds is 4. The Morgan fingerprint density at radius 2 is 1.88 bits per heavy atom. The monoisotopic (exact) mass is 395 g/mol. The minimum atomic E-state index is -0.782. The van der Waals surface area contributed by atoms with Gasteiger partial charge >= 0.3 is 0 Å². The number of anilines is 1. The van der Waals surface area contributed by atoms with E-state index >= 15 is 0 Å². The van der Waals surface area contributed by atoms with Gasteiger partial charge in [-0.05, 0) is 29.8 Å². The second-order valence-electron chi connectivity index (χ2n) is 4.71. The average Bonchev–Trinajstić information content (AvgIpc) is 2.55. The number of amides is 1. The highest BCUT2D eigenvalue weighted by atomic mass is 35.5. The summed E-state index contributed by atoms with van der Waals surface area (Å²) >= 11 is 17.7. The molecule has 0 saturated carbocycles. The average molecular weight is 397 g/mol. The maximum absolute atomic E-state index is 12.3. The molecule has 0 aliphatic carbocycles. The highest BCUT2D eigenvalue weighted by Gasteiger charge is 2.15. The molecule has 0 bridgehead atoms. The van der Waals surface area contributed by atoms with Crippen LogP contribution in [0, 0.1) is 21.4 Å². The van der Waals surface area contributed by atoms with Gasteiger partial charge in [0.05, 0.1) is 15.6 Å². The molecule has 0 aliphatic heterocycles. The van der Waals surface area contributed by atoms with Gasteiger partial charge in [-0.25, -0.2) is 0 Å². The highest BCUT2D eigenvalue weighted by molar-refractivity contribution is 6.36. The number of hydrogen-bond donors (Lipinski definition) is 1. The molecule has 0 spiro atoms. The van der Waals surface area contributed by atoms with E-state index in [-0.39, 0.29) is 27.0 Å². The van der Waals surface area contributed by atoms with Gasteiger partial charge in [0.2, 0.25) is 0 Å². The topological polar surface area (TPSA) is 96.0 Å². The van der Waals surface area contributed by atoms with Gasteiger partial charge in [0.25, 0.3) is 11.6 Å². The van der Waals surface area contributed by atoms with E-state index in [4.69, 9.17) is 34.8 Å². The number of benzene rings is 2. The van der Waals surface area contributed by atoms with Crippen LogP contribution in [0.5, 0.6) is 0 Å². The Morgan fingerprint density at radius 3 is 2.48 bits per heavy atom. The van der Waals surface area contributed by atoms with Gasteiger partial charge in [0, 0.05) is 22.2 Å². The van der Waals surface area contributed by atoms with Crippen LogP contribution in [0.3, 0.4) is 0 Å². The lowest BCUT2D eigenvalue weighted by atomic mass is 10.1. The summed E-state index contributed by atoms with van der Waals surface area (Å²) in [6.45, 7) is 0. The molecule has 25 heavy (non-hydrogen) atoms. The summed E-state index contributed by atoms with van der Waals surface area (Å²) in [5.74, 6) is -0.782. The molecule has 0 heterocycles. The van der Waals surface area contributed by atoms with Crippen LogP contribution >= 0.6 is 34.8 Å². The van der Waals surface area contributed by atoms with Crippen LogP contribution in [0.15, 0.2) is 42.0 Å². The molecule has 1 amide bonds.